The van der Waals surface area contributed by atoms with E-state index in [1.165, 1.54) is 6.42 Å². The Hall–Kier alpha value is -1.33. The largest absolute Gasteiger partial charge is 0.352 e. The molecule has 2 aromatic rings. The molecule has 2 heterocycles. The van der Waals surface area contributed by atoms with E-state index in [4.69, 9.17) is 11.6 Å². The molecular weight excluding hydrogens is 294 g/mol. The summed E-state index contributed by atoms with van der Waals surface area (Å²) in [5.74, 6) is 0.155. The van der Waals surface area contributed by atoms with Crippen LogP contribution in [0.5, 0.6) is 0 Å². The van der Waals surface area contributed by atoms with Crippen molar-refractivity contribution in [3.8, 4) is 0 Å². The van der Waals surface area contributed by atoms with Crippen molar-refractivity contribution in [2.24, 2.45) is 0 Å². The maximum Gasteiger partial charge on any atom is 0.241 e. The molecule has 0 unspecified atom stereocenters. The van der Waals surface area contributed by atoms with Crippen LogP contribution in [0.4, 0.5) is 5.13 Å². The van der Waals surface area contributed by atoms with Gasteiger partial charge in [-0.25, -0.2) is 4.98 Å². The van der Waals surface area contributed by atoms with Crippen LogP contribution in [0, 0.1) is 0 Å². The molecule has 4 nitrogen and oxygen atoms in total. The maximum atomic E-state index is 12.1. The third kappa shape index (κ3) is 3.04. The molecule has 0 spiro atoms. The lowest BCUT2D eigenvalue weighted by Crippen LogP contribution is -2.39. The molecule has 106 valence electrons. The van der Waals surface area contributed by atoms with Gasteiger partial charge in [-0.3, -0.25) is 4.79 Å². The van der Waals surface area contributed by atoms with Crippen LogP contribution in [0.3, 0.4) is 0 Å². The minimum atomic E-state index is 0.155. The van der Waals surface area contributed by atoms with E-state index >= 15 is 0 Å². The zero-order chi connectivity index (χ0) is 13.9. The van der Waals surface area contributed by atoms with Crippen molar-refractivity contribution < 1.29 is 4.79 Å². The lowest BCUT2D eigenvalue weighted by molar-refractivity contribution is -0.130. The lowest BCUT2D eigenvalue weighted by Gasteiger charge is -2.26. The number of piperidine rings is 1. The molecule has 1 N–H and O–H groups in total. The van der Waals surface area contributed by atoms with E-state index in [1.54, 1.807) is 11.3 Å². The number of nitrogens with one attached hydrogen (secondary N) is 1. The number of anilines is 1. The van der Waals surface area contributed by atoms with Crippen LogP contribution in [-0.4, -0.2) is 35.4 Å². The van der Waals surface area contributed by atoms with E-state index in [2.05, 4.69) is 10.3 Å². The summed E-state index contributed by atoms with van der Waals surface area (Å²) in [4.78, 5) is 18.4. The van der Waals surface area contributed by atoms with Gasteiger partial charge in [-0.15, -0.1) is 0 Å². The number of thiazole rings is 1. The number of likely N-dealkylation sites (tertiary alicyclic amines) is 1. The number of carbonyl (C=O) groups is 1. The number of halogens is 1. The molecule has 0 saturated carbocycles. The molecule has 0 atom stereocenters. The minimum Gasteiger partial charge on any atom is -0.352 e. The van der Waals surface area contributed by atoms with Crippen LogP contribution in [-0.2, 0) is 4.79 Å². The van der Waals surface area contributed by atoms with Crippen molar-refractivity contribution in [2.45, 2.75) is 19.3 Å². The molecule has 1 fully saturated rings. The third-order valence-corrected chi connectivity index (χ3v) is 4.68. The number of benzene rings is 1. The molecular formula is C14H16ClN3OS. The first-order valence-electron chi connectivity index (χ1n) is 6.80. The van der Waals surface area contributed by atoms with Crippen LogP contribution in [0.2, 0.25) is 5.02 Å². The van der Waals surface area contributed by atoms with Gasteiger partial charge >= 0.3 is 0 Å². The molecule has 20 heavy (non-hydrogen) atoms. The molecule has 1 aromatic heterocycles. The molecule has 0 aliphatic carbocycles. The van der Waals surface area contributed by atoms with Gasteiger partial charge < -0.3 is 10.2 Å². The fraction of sp³-hybridized carbons (Fsp3) is 0.429. The number of rotatable bonds is 3. The number of hydrogen-bond donors (Lipinski definition) is 1. The Morgan fingerprint density at radius 3 is 2.95 bits per heavy atom. The second-order valence-corrected chi connectivity index (χ2v) is 6.39. The van der Waals surface area contributed by atoms with Crippen molar-refractivity contribution in [3.05, 3.63) is 23.2 Å². The average molecular weight is 310 g/mol. The summed E-state index contributed by atoms with van der Waals surface area (Å²) < 4.78 is 1.07. The zero-order valence-electron chi connectivity index (χ0n) is 11.1. The van der Waals surface area contributed by atoms with Gasteiger partial charge in [-0.05, 0) is 37.5 Å². The summed E-state index contributed by atoms with van der Waals surface area (Å²) >= 11 is 7.48. The van der Waals surface area contributed by atoms with Crippen molar-refractivity contribution in [3.63, 3.8) is 0 Å². The van der Waals surface area contributed by atoms with Gasteiger partial charge in [0, 0.05) is 18.1 Å². The highest BCUT2D eigenvalue weighted by atomic mass is 35.5. The van der Waals surface area contributed by atoms with Gasteiger partial charge in [0.25, 0.3) is 0 Å². The Labute approximate surface area is 126 Å². The van der Waals surface area contributed by atoms with E-state index < -0.39 is 0 Å². The first-order valence-corrected chi connectivity index (χ1v) is 7.99. The lowest BCUT2D eigenvalue weighted by atomic mass is 10.1. The van der Waals surface area contributed by atoms with E-state index in [9.17, 15) is 4.79 Å². The fourth-order valence-electron chi connectivity index (χ4n) is 2.38. The Morgan fingerprint density at radius 1 is 1.35 bits per heavy atom. The molecule has 0 radical (unpaired) electrons. The van der Waals surface area contributed by atoms with Gasteiger partial charge in [-0.2, -0.15) is 0 Å². The average Bonchev–Trinajstić information content (AvgIpc) is 2.87. The fourth-order valence-corrected chi connectivity index (χ4v) is 3.39. The monoisotopic (exact) mass is 309 g/mol. The maximum absolute atomic E-state index is 12.1. The van der Waals surface area contributed by atoms with Crippen molar-refractivity contribution >= 4 is 44.2 Å². The molecule has 0 bridgehead atoms. The third-order valence-electron chi connectivity index (χ3n) is 3.45. The summed E-state index contributed by atoms with van der Waals surface area (Å²) in [6.45, 7) is 2.08. The number of hydrogen-bond acceptors (Lipinski definition) is 4. The normalized spacial score (nSPS) is 15.6. The molecule has 1 amide bonds. The highest BCUT2D eigenvalue weighted by Crippen LogP contribution is 2.27. The van der Waals surface area contributed by atoms with E-state index in [0.717, 1.165) is 41.3 Å². The first-order chi connectivity index (χ1) is 9.72. The standard InChI is InChI=1S/C14H16ClN3OS/c15-10-4-5-12-11(8-10)17-14(20-12)16-9-13(19)18-6-2-1-3-7-18/h4-5,8H,1-3,6-7,9H2,(H,16,17). The van der Waals surface area contributed by atoms with Crippen LogP contribution >= 0.6 is 22.9 Å². The van der Waals surface area contributed by atoms with Gasteiger partial charge in [0.15, 0.2) is 5.13 Å². The molecule has 1 aromatic carbocycles. The predicted octanol–water partition coefficient (Wildman–Crippen LogP) is 3.37. The zero-order valence-corrected chi connectivity index (χ0v) is 12.6. The van der Waals surface area contributed by atoms with E-state index in [0.29, 0.717) is 11.6 Å². The Bertz CT molecular complexity index is 622. The van der Waals surface area contributed by atoms with E-state index in [1.807, 2.05) is 23.1 Å². The molecule has 1 aliphatic heterocycles. The number of fused-ring (bicyclic) bond motifs is 1. The second kappa shape index (κ2) is 5.97. The smallest absolute Gasteiger partial charge is 0.241 e. The first kappa shape index (κ1) is 13.6. The SMILES string of the molecule is O=C(CNc1nc2cc(Cl)ccc2s1)N1CCCCC1. The number of aromatic nitrogens is 1. The Morgan fingerprint density at radius 2 is 2.15 bits per heavy atom. The second-order valence-electron chi connectivity index (χ2n) is 4.93. The summed E-state index contributed by atoms with van der Waals surface area (Å²) in [7, 11) is 0. The Kier molecular flexibility index (Phi) is 4.08. The van der Waals surface area contributed by atoms with Gasteiger partial charge in [0.2, 0.25) is 5.91 Å². The molecule has 1 aliphatic rings. The number of nitrogens with zero attached hydrogens (tertiary/aromatic N) is 2. The summed E-state index contributed by atoms with van der Waals surface area (Å²) in [5.41, 5.74) is 0.871. The molecule has 1 saturated heterocycles. The summed E-state index contributed by atoms with van der Waals surface area (Å²) in [6.07, 6.45) is 3.46. The van der Waals surface area contributed by atoms with Crippen LogP contribution in [0.15, 0.2) is 18.2 Å². The van der Waals surface area contributed by atoms with Crippen LogP contribution in [0.1, 0.15) is 19.3 Å². The molecule has 3 rings (SSSR count). The van der Waals surface area contributed by atoms with Gasteiger partial charge in [-0.1, -0.05) is 22.9 Å². The predicted molar refractivity (Wildman–Crippen MR) is 83.6 cm³/mol. The Balaban J connectivity index is 1.63. The number of carbonyl (C=O) groups excluding carboxylic acids is 1. The van der Waals surface area contributed by atoms with Crippen molar-refractivity contribution in [2.75, 3.05) is 25.0 Å². The van der Waals surface area contributed by atoms with Gasteiger partial charge in [0.1, 0.15) is 0 Å². The highest BCUT2D eigenvalue weighted by molar-refractivity contribution is 7.22. The van der Waals surface area contributed by atoms with Crippen LogP contribution < -0.4 is 5.32 Å². The summed E-state index contributed by atoms with van der Waals surface area (Å²) in [5, 5.41) is 4.57. The van der Waals surface area contributed by atoms with E-state index in [-0.39, 0.29) is 5.91 Å². The quantitative estimate of drug-likeness (QED) is 0.945. The van der Waals surface area contributed by atoms with Crippen molar-refractivity contribution in [1.29, 1.82) is 0 Å². The molecule has 6 heteroatoms. The highest BCUT2D eigenvalue weighted by Gasteiger charge is 2.16. The van der Waals surface area contributed by atoms with Gasteiger partial charge in [0.05, 0.1) is 16.8 Å². The minimum absolute atomic E-state index is 0.155. The van der Waals surface area contributed by atoms with Crippen LogP contribution in [0.25, 0.3) is 10.2 Å². The topological polar surface area (TPSA) is 45.2 Å². The summed E-state index contributed by atoms with van der Waals surface area (Å²) in [6, 6.07) is 5.64. The number of amides is 1. The van der Waals surface area contributed by atoms with Crippen molar-refractivity contribution in [1.82, 2.24) is 9.88 Å².